The predicted octanol–water partition coefficient (Wildman–Crippen LogP) is 5.12. The van der Waals surface area contributed by atoms with Crippen molar-refractivity contribution in [2.75, 3.05) is 59.2 Å². The molecule has 224 valence electrons. The number of hydrogen-bond acceptors (Lipinski definition) is 8. The van der Waals surface area contributed by atoms with E-state index < -0.39 is 0 Å². The van der Waals surface area contributed by atoms with Crippen LogP contribution in [0.2, 0.25) is 0 Å². The summed E-state index contributed by atoms with van der Waals surface area (Å²) in [5, 5.41) is 14.0. The van der Waals surface area contributed by atoms with Crippen LogP contribution < -0.4 is 0 Å². The van der Waals surface area contributed by atoms with Gasteiger partial charge in [0.15, 0.2) is 0 Å². The molecule has 2 saturated heterocycles. The van der Waals surface area contributed by atoms with Gasteiger partial charge in [-0.2, -0.15) is 0 Å². The number of hydrogen-bond donors (Lipinski definition) is 1. The summed E-state index contributed by atoms with van der Waals surface area (Å²) in [6, 6.07) is 17.6. The average molecular weight is 609 g/mol. The minimum atomic E-state index is -0.130. The van der Waals surface area contributed by atoms with Gasteiger partial charge in [0.2, 0.25) is 5.91 Å². The van der Waals surface area contributed by atoms with Crippen molar-refractivity contribution >= 4 is 48.8 Å². The highest BCUT2D eigenvalue weighted by atomic mass is 32.1. The summed E-state index contributed by atoms with van der Waals surface area (Å²) in [7, 11) is 0. The summed E-state index contributed by atoms with van der Waals surface area (Å²) in [6.45, 7) is 7.09. The molecule has 2 aromatic heterocycles. The fraction of sp³-hybridized carbons (Fsp3) is 0.485. The van der Waals surface area contributed by atoms with Gasteiger partial charge in [-0.05, 0) is 70.8 Å². The Labute approximate surface area is 255 Å². The number of aliphatic hydroxyl groups excluding tert-OH is 1. The highest BCUT2D eigenvalue weighted by molar-refractivity contribution is 7.19. The van der Waals surface area contributed by atoms with E-state index in [1.54, 1.807) is 22.7 Å². The predicted molar refractivity (Wildman–Crippen MR) is 170 cm³/mol. The Bertz CT molecular complexity index is 1460. The Morgan fingerprint density at radius 2 is 1.60 bits per heavy atom. The molecule has 2 fully saturated rings. The number of benzene rings is 2. The standard InChI is InChI=1S/C33H40N2O5S2/c36-28-19-34(20-28)10-1-11-38-12-6-25-3-5-32-27(17-25)18-30(42-32)23-40-29-21-35(22-29)33(37)8-14-39-13-7-24-2-4-31-26(16-24)9-15-41-31/h2-5,9,15-18,28-29,36H,1,6-8,10-14,19-23H2. The number of carbonyl (C=O) groups excluding carboxylic acids is 1. The molecule has 9 heteroatoms. The minimum Gasteiger partial charge on any atom is -0.390 e. The molecule has 4 aromatic rings. The number of likely N-dealkylation sites (tertiary alicyclic amines) is 2. The fourth-order valence-electron chi connectivity index (χ4n) is 5.51. The van der Waals surface area contributed by atoms with Crippen LogP contribution in [0, 0.1) is 0 Å². The molecule has 6 rings (SSSR count). The lowest BCUT2D eigenvalue weighted by Crippen LogP contribution is -2.54. The van der Waals surface area contributed by atoms with Crippen LogP contribution in [0.3, 0.4) is 0 Å². The highest BCUT2D eigenvalue weighted by Gasteiger charge is 2.31. The van der Waals surface area contributed by atoms with Gasteiger partial charge in [0, 0.05) is 53.6 Å². The number of carbonyl (C=O) groups is 1. The van der Waals surface area contributed by atoms with Gasteiger partial charge in [-0.1, -0.05) is 24.3 Å². The molecule has 0 radical (unpaired) electrons. The average Bonchev–Trinajstić information content (AvgIpc) is 3.58. The van der Waals surface area contributed by atoms with E-state index in [0.717, 1.165) is 52.1 Å². The number of aliphatic hydroxyl groups is 1. The van der Waals surface area contributed by atoms with Gasteiger partial charge in [0.1, 0.15) is 0 Å². The lowest BCUT2D eigenvalue weighted by Gasteiger charge is -2.38. The third kappa shape index (κ3) is 7.96. The Morgan fingerprint density at radius 1 is 0.857 bits per heavy atom. The summed E-state index contributed by atoms with van der Waals surface area (Å²) in [6.07, 6.45) is 3.17. The van der Waals surface area contributed by atoms with Crippen molar-refractivity contribution in [3.63, 3.8) is 0 Å². The van der Waals surface area contributed by atoms with Gasteiger partial charge in [0.25, 0.3) is 0 Å². The molecule has 7 nitrogen and oxygen atoms in total. The number of thiophene rings is 2. The van der Waals surface area contributed by atoms with Crippen molar-refractivity contribution in [1.82, 2.24) is 9.80 Å². The topological polar surface area (TPSA) is 71.5 Å². The zero-order valence-electron chi connectivity index (χ0n) is 24.0. The number of amides is 1. The Morgan fingerprint density at radius 3 is 2.38 bits per heavy atom. The zero-order chi connectivity index (χ0) is 28.7. The van der Waals surface area contributed by atoms with E-state index in [-0.39, 0.29) is 18.1 Å². The maximum Gasteiger partial charge on any atom is 0.225 e. The lowest BCUT2D eigenvalue weighted by molar-refractivity contribution is -0.146. The normalized spacial score (nSPS) is 16.4. The van der Waals surface area contributed by atoms with E-state index in [1.807, 2.05) is 4.90 Å². The second kappa shape index (κ2) is 14.4. The third-order valence-electron chi connectivity index (χ3n) is 8.04. The summed E-state index contributed by atoms with van der Waals surface area (Å²) in [5.74, 6) is 0.142. The first-order valence-corrected chi connectivity index (χ1v) is 16.7. The quantitative estimate of drug-likeness (QED) is 0.178. The Kier molecular flexibility index (Phi) is 10.2. The second-order valence-electron chi connectivity index (χ2n) is 11.4. The number of ether oxygens (including phenoxy) is 3. The number of nitrogens with zero attached hydrogens (tertiary/aromatic N) is 2. The van der Waals surface area contributed by atoms with Gasteiger partial charge in [-0.3, -0.25) is 9.69 Å². The zero-order valence-corrected chi connectivity index (χ0v) is 25.7. The molecule has 0 saturated carbocycles. The van der Waals surface area contributed by atoms with Crippen LogP contribution >= 0.6 is 22.7 Å². The summed E-state index contributed by atoms with van der Waals surface area (Å²) < 4.78 is 20.3. The second-order valence-corrected chi connectivity index (χ2v) is 13.5. The van der Waals surface area contributed by atoms with Gasteiger partial charge >= 0.3 is 0 Å². The first-order chi connectivity index (χ1) is 20.6. The van der Waals surface area contributed by atoms with Crippen molar-refractivity contribution in [2.45, 2.75) is 44.5 Å². The molecule has 42 heavy (non-hydrogen) atoms. The van der Waals surface area contributed by atoms with Crippen molar-refractivity contribution in [1.29, 1.82) is 0 Å². The van der Waals surface area contributed by atoms with Crippen molar-refractivity contribution in [2.24, 2.45) is 0 Å². The molecule has 1 N–H and O–H groups in total. The molecular formula is C33H40N2O5S2. The molecular weight excluding hydrogens is 569 g/mol. The molecule has 2 aliphatic heterocycles. The van der Waals surface area contributed by atoms with Gasteiger partial charge in [0.05, 0.1) is 45.1 Å². The third-order valence-corrected chi connectivity index (χ3v) is 10.0. The molecule has 1 amide bonds. The minimum absolute atomic E-state index is 0.103. The maximum absolute atomic E-state index is 12.5. The Balaban J connectivity index is 0.825. The molecule has 2 aromatic carbocycles. The van der Waals surface area contributed by atoms with Crippen molar-refractivity contribution in [3.8, 4) is 0 Å². The number of fused-ring (bicyclic) bond motifs is 2. The van der Waals surface area contributed by atoms with Gasteiger partial charge < -0.3 is 24.2 Å². The first kappa shape index (κ1) is 29.7. The number of rotatable bonds is 16. The Hall–Kier alpha value is -2.37. The summed E-state index contributed by atoms with van der Waals surface area (Å²) >= 11 is 3.53. The van der Waals surface area contributed by atoms with Gasteiger partial charge in [-0.15, -0.1) is 22.7 Å². The van der Waals surface area contributed by atoms with E-state index in [1.165, 1.54) is 36.2 Å². The van der Waals surface area contributed by atoms with Crippen molar-refractivity contribution < 1.29 is 24.1 Å². The maximum atomic E-state index is 12.5. The van der Waals surface area contributed by atoms with Crippen LogP contribution in [0.5, 0.6) is 0 Å². The fourth-order valence-corrected chi connectivity index (χ4v) is 7.25. The number of β-amino-alcohol motifs (C(OH)–C–C–N with tert-alkyl or cyclic N) is 1. The molecule has 0 bridgehead atoms. The molecule has 2 aliphatic rings. The lowest BCUT2D eigenvalue weighted by atomic mass is 10.1. The monoisotopic (exact) mass is 608 g/mol. The highest BCUT2D eigenvalue weighted by Crippen LogP contribution is 2.28. The molecule has 4 heterocycles. The molecule has 0 aliphatic carbocycles. The van der Waals surface area contributed by atoms with E-state index in [0.29, 0.717) is 39.3 Å². The van der Waals surface area contributed by atoms with Crippen LogP contribution in [-0.4, -0.2) is 92.2 Å². The molecule has 0 unspecified atom stereocenters. The SMILES string of the molecule is O=C(CCOCCc1ccc2sccc2c1)N1CC(OCc2cc3cc(CCOCCCN4CC(O)C4)ccc3s2)C1. The van der Waals surface area contributed by atoms with E-state index in [9.17, 15) is 9.90 Å². The van der Waals surface area contributed by atoms with Crippen molar-refractivity contribution in [3.05, 3.63) is 69.9 Å². The molecule has 0 spiro atoms. The smallest absolute Gasteiger partial charge is 0.225 e. The van der Waals surface area contributed by atoms with Gasteiger partial charge in [-0.25, -0.2) is 0 Å². The van der Waals surface area contributed by atoms with Crippen LogP contribution in [-0.2, 0) is 38.5 Å². The van der Waals surface area contributed by atoms with Crippen LogP contribution in [0.25, 0.3) is 20.2 Å². The van der Waals surface area contributed by atoms with Crippen LogP contribution in [0.15, 0.2) is 53.9 Å². The van der Waals surface area contributed by atoms with Crippen LogP contribution in [0.4, 0.5) is 0 Å². The summed E-state index contributed by atoms with van der Waals surface area (Å²) in [5.41, 5.74) is 2.56. The van der Waals surface area contributed by atoms with E-state index in [4.69, 9.17) is 14.2 Å². The van der Waals surface area contributed by atoms with Crippen LogP contribution in [0.1, 0.15) is 28.8 Å². The largest absolute Gasteiger partial charge is 0.390 e. The molecule has 0 atom stereocenters. The van der Waals surface area contributed by atoms with E-state index in [2.05, 4.69) is 58.8 Å². The van der Waals surface area contributed by atoms with E-state index >= 15 is 0 Å². The first-order valence-electron chi connectivity index (χ1n) is 15.0. The summed E-state index contributed by atoms with van der Waals surface area (Å²) in [4.78, 5) is 17.8.